The van der Waals surface area contributed by atoms with E-state index in [4.69, 9.17) is 0 Å². The van der Waals surface area contributed by atoms with Crippen molar-refractivity contribution in [2.75, 3.05) is 18.9 Å². The Balaban J connectivity index is 2.10. The first-order valence-electron chi connectivity index (χ1n) is 5.23. The van der Waals surface area contributed by atoms with Gasteiger partial charge < -0.3 is 10.6 Å². The van der Waals surface area contributed by atoms with Gasteiger partial charge in [-0.05, 0) is 25.7 Å². The molecule has 0 aliphatic heterocycles. The molecule has 15 heavy (non-hydrogen) atoms. The van der Waals surface area contributed by atoms with E-state index < -0.39 is 0 Å². The van der Waals surface area contributed by atoms with Gasteiger partial charge in [0.05, 0.1) is 0 Å². The van der Waals surface area contributed by atoms with Crippen molar-refractivity contribution in [2.45, 2.75) is 19.8 Å². The maximum absolute atomic E-state index is 11.6. The Labute approximate surface area is 88.6 Å². The number of carbonyl (C=O) groups excluding carboxylic acids is 1. The molecule has 0 saturated heterocycles. The lowest BCUT2D eigenvalue weighted by Gasteiger charge is -2.04. The van der Waals surface area contributed by atoms with E-state index in [1.165, 1.54) is 12.8 Å². The minimum atomic E-state index is -0.0976. The zero-order valence-electron chi connectivity index (χ0n) is 9.05. The zero-order valence-corrected chi connectivity index (χ0v) is 9.05. The number of nitrogens with zero attached hydrogens (tertiary/aromatic N) is 1. The molecular formula is C10H16N4O. The van der Waals surface area contributed by atoms with Crippen LogP contribution < -0.4 is 10.6 Å². The second-order valence-electron chi connectivity index (χ2n) is 3.98. The molecule has 1 aliphatic rings. The van der Waals surface area contributed by atoms with E-state index in [9.17, 15) is 4.79 Å². The molecule has 0 atom stereocenters. The molecule has 1 fully saturated rings. The fourth-order valence-electron chi connectivity index (χ4n) is 1.52. The highest BCUT2D eigenvalue weighted by Gasteiger charge is 2.23. The van der Waals surface area contributed by atoms with Gasteiger partial charge in [-0.1, -0.05) is 0 Å². The predicted octanol–water partition coefficient (Wildman–Crippen LogP) is 0.900. The molecule has 5 heteroatoms. The Hall–Kier alpha value is -1.52. The molecule has 0 spiro atoms. The summed E-state index contributed by atoms with van der Waals surface area (Å²) in [6.45, 7) is 2.76. The van der Waals surface area contributed by atoms with Gasteiger partial charge in [0.25, 0.3) is 5.91 Å². The van der Waals surface area contributed by atoms with Crippen molar-refractivity contribution in [3.8, 4) is 0 Å². The summed E-state index contributed by atoms with van der Waals surface area (Å²) in [4.78, 5) is 11.6. The number of rotatable bonds is 4. The van der Waals surface area contributed by atoms with E-state index in [1.54, 1.807) is 7.05 Å². The Morgan fingerprint density at radius 1 is 1.60 bits per heavy atom. The van der Waals surface area contributed by atoms with Crippen LogP contribution in [0.1, 0.15) is 28.9 Å². The van der Waals surface area contributed by atoms with Gasteiger partial charge in [-0.15, -0.1) is 0 Å². The third kappa shape index (κ3) is 2.11. The SMILES string of the molecule is CNC(=O)c1c(NCC2CC2)n[nH]c1C. The number of aromatic nitrogens is 2. The smallest absolute Gasteiger partial charge is 0.256 e. The van der Waals surface area contributed by atoms with Crippen LogP contribution in [0.15, 0.2) is 0 Å². The summed E-state index contributed by atoms with van der Waals surface area (Å²) in [5.74, 6) is 1.33. The number of aryl methyl sites for hydroxylation is 1. The summed E-state index contributed by atoms with van der Waals surface area (Å²) in [5.41, 5.74) is 1.42. The number of hydrogen-bond acceptors (Lipinski definition) is 3. The lowest BCUT2D eigenvalue weighted by molar-refractivity contribution is 0.0963. The molecule has 0 radical (unpaired) electrons. The maximum atomic E-state index is 11.6. The first-order valence-corrected chi connectivity index (χ1v) is 5.23. The van der Waals surface area contributed by atoms with E-state index in [2.05, 4.69) is 20.8 Å². The minimum Gasteiger partial charge on any atom is -0.368 e. The van der Waals surface area contributed by atoms with Gasteiger partial charge in [-0.25, -0.2) is 0 Å². The summed E-state index contributed by atoms with van der Waals surface area (Å²) in [5, 5.41) is 12.7. The van der Waals surface area contributed by atoms with Crippen molar-refractivity contribution in [1.82, 2.24) is 15.5 Å². The zero-order chi connectivity index (χ0) is 10.8. The van der Waals surface area contributed by atoms with Crippen LogP contribution in [0.5, 0.6) is 0 Å². The fraction of sp³-hybridized carbons (Fsp3) is 0.600. The van der Waals surface area contributed by atoms with Crippen LogP contribution in [-0.2, 0) is 0 Å². The molecule has 1 amide bonds. The molecule has 5 nitrogen and oxygen atoms in total. The number of H-pyrrole nitrogens is 1. The van der Waals surface area contributed by atoms with Gasteiger partial charge in [0.1, 0.15) is 5.56 Å². The van der Waals surface area contributed by atoms with E-state index in [0.717, 1.165) is 18.2 Å². The number of anilines is 1. The van der Waals surface area contributed by atoms with Crippen molar-refractivity contribution in [1.29, 1.82) is 0 Å². The van der Waals surface area contributed by atoms with Gasteiger partial charge in [-0.3, -0.25) is 9.89 Å². The van der Waals surface area contributed by atoms with E-state index >= 15 is 0 Å². The monoisotopic (exact) mass is 208 g/mol. The normalized spacial score (nSPS) is 15.1. The quantitative estimate of drug-likeness (QED) is 0.688. The van der Waals surface area contributed by atoms with Gasteiger partial charge in [0.15, 0.2) is 5.82 Å². The largest absolute Gasteiger partial charge is 0.368 e. The van der Waals surface area contributed by atoms with Crippen molar-refractivity contribution in [2.24, 2.45) is 5.92 Å². The summed E-state index contributed by atoms with van der Waals surface area (Å²) >= 11 is 0. The standard InChI is InChI=1S/C10H16N4O/c1-6-8(10(15)11-2)9(14-13-6)12-5-7-3-4-7/h7H,3-5H2,1-2H3,(H,11,15)(H2,12,13,14). The number of aromatic amines is 1. The summed E-state index contributed by atoms with van der Waals surface area (Å²) in [6, 6.07) is 0. The maximum Gasteiger partial charge on any atom is 0.256 e. The summed E-state index contributed by atoms with van der Waals surface area (Å²) < 4.78 is 0. The molecule has 1 aromatic rings. The fourth-order valence-corrected chi connectivity index (χ4v) is 1.52. The van der Waals surface area contributed by atoms with Crippen molar-refractivity contribution in [3.63, 3.8) is 0 Å². The molecule has 1 aromatic heterocycles. The summed E-state index contributed by atoms with van der Waals surface area (Å²) in [7, 11) is 1.62. The average Bonchev–Trinajstić information content (AvgIpc) is 2.99. The van der Waals surface area contributed by atoms with Crippen LogP contribution >= 0.6 is 0 Å². The molecule has 0 bridgehead atoms. The highest BCUT2D eigenvalue weighted by Crippen LogP contribution is 2.29. The van der Waals surface area contributed by atoms with Gasteiger partial charge in [-0.2, -0.15) is 5.10 Å². The highest BCUT2D eigenvalue weighted by molar-refractivity contribution is 5.99. The topological polar surface area (TPSA) is 69.8 Å². The van der Waals surface area contributed by atoms with Gasteiger partial charge >= 0.3 is 0 Å². The third-order valence-corrected chi connectivity index (χ3v) is 2.66. The number of hydrogen-bond donors (Lipinski definition) is 3. The molecule has 2 rings (SSSR count). The first-order chi connectivity index (χ1) is 7.22. The molecule has 1 aliphatic carbocycles. The van der Waals surface area contributed by atoms with Crippen molar-refractivity contribution < 1.29 is 4.79 Å². The molecule has 3 N–H and O–H groups in total. The van der Waals surface area contributed by atoms with Crippen LogP contribution in [0.2, 0.25) is 0 Å². The van der Waals surface area contributed by atoms with Crippen LogP contribution in [0, 0.1) is 12.8 Å². The molecule has 1 saturated carbocycles. The van der Waals surface area contributed by atoms with E-state index in [-0.39, 0.29) is 5.91 Å². The number of nitrogens with one attached hydrogen (secondary N) is 3. The number of carbonyl (C=O) groups is 1. The molecule has 0 aromatic carbocycles. The first kappa shape index (κ1) is 10.0. The van der Waals surface area contributed by atoms with E-state index in [0.29, 0.717) is 11.4 Å². The van der Waals surface area contributed by atoms with Crippen LogP contribution in [0.25, 0.3) is 0 Å². The van der Waals surface area contributed by atoms with E-state index in [1.807, 2.05) is 6.92 Å². The lowest BCUT2D eigenvalue weighted by Crippen LogP contribution is -2.20. The Bertz CT molecular complexity index is 367. The van der Waals surface area contributed by atoms with Crippen molar-refractivity contribution >= 4 is 11.7 Å². The second kappa shape index (κ2) is 3.92. The third-order valence-electron chi connectivity index (χ3n) is 2.66. The Morgan fingerprint density at radius 3 is 2.93 bits per heavy atom. The predicted molar refractivity (Wildman–Crippen MR) is 57.9 cm³/mol. The molecule has 0 unspecified atom stereocenters. The minimum absolute atomic E-state index is 0.0976. The van der Waals surface area contributed by atoms with Crippen molar-refractivity contribution in [3.05, 3.63) is 11.3 Å². The molecule has 82 valence electrons. The van der Waals surface area contributed by atoms with Crippen LogP contribution in [0.4, 0.5) is 5.82 Å². The Morgan fingerprint density at radius 2 is 2.33 bits per heavy atom. The van der Waals surface area contributed by atoms with Gasteiger partial charge in [0, 0.05) is 19.3 Å². The molecular weight excluding hydrogens is 192 g/mol. The Kier molecular flexibility index (Phi) is 2.62. The lowest BCUT2D eigenvalue weighted by atomic mass is 10.2. The highest BCUT2D eigenvalue weighted by atomic mass is 16.1. The average molecular weight is 208 g/mol. The van der Waals surface area contributed by atoms with Gasteiger partial charge in [0.2, 0.25) is 0 Å². The second-order valence-corrected chi connectivity index (χ2v) is 3.98. The van der Waals surface area contributed by atoms with Crippen LogP contribution in [0.3, 0.4) is 0 Å². The number of amides is 1. The molecule has 1 heterocycles. The van der Waals surface area contributed by atoms with Crippen LogP contribution in [-0.4, -0.2) is 29.7 Å². The summed E-state index contributed by atoms with van der Waals surface area (Å²) in [6.07, 6.45) is 2.57.